The SMILES string of the molecule is NS(=O)(=O)c1ccc(NCCCNc2ccccc2)c(C(F)(F)F)c1. The number of para-hydroxylation sites is 1. The predicted octanol–water partition coefficient (Wildman–Crippen LogP) is 3.27. The van der Waals surface area contributed by atoms with Gasteiger partial charge in [0.15, 0.2) is 0 Å². The molecule has 136 valence electrons. The number of nitrogens with two attached hydrogens (primary N) is 1. The molecule has 0 fully saturated rings. The molecule has 0 amide bonds. The fraction of sp³-hybridized carbons (Fsp3) is 0.250. The first-order valence-corrected chi connectivity index (χ1v) is 8.99. The van der Waals surface area contributed by atoms with Crippen LogP contribution in [0.15, 0.2) is 53.4 Å². The molecular formula is C16H18F3N3O2S. The van der Waals surface area contributed by atoms with E-state index in [-0.39, 0.29) is 12.2 Å². The highest BCUT2D eigenvalue weighted by Gasteiger charge is 2.34. The molecule has 5 nitrogen and oxygen atoms in total. The van der Waals surface area contributed by atoms with Gasteiger partial charge in [0.2, 0.25) is 10.0 Å². The average molecular weight is 373 g/mol. The Morgan fingerprint density at radius 2 is 1.60 bits per heavy atom. The lowest BCUT2D eigenvalue weighted by atomic mass is 10.1. The fourth-order valence-electron chi connectivity index (χ4n) is 2.19. The molecule has 0 aromatic heterocycles. The van der Waals surface area contributed by atoms with E-state index in [2.05, 4.69) is 10.6 Å². The molecule has 0 unspecified atom stereocenters. The number of rotatable bonds is 7. The van der Waals surface area contributed by atoms with Crippen molar-refractivity contribution in [3.05, 3.63) is 54.1 Å². The normalized spacial score (nSPS) is 12.0. The van der Waals surface area contributed by atoms with Crippen LogP contribution in [0.1, 0.15) is 12.0 Å². The molecule has 2 aromatic rings. The molecule has 0 spiro atoms. The van der Waals surface area contributed by atoms with E-state index in [9.17, 15) is 21.6 Å². The van der Waals surface area contributed by atoms with E-state index in [4.69, 9.17) is 5.14 Å². The molecule has 2 aromatic carbocycles. The maximum atomic E-state index is 13.1. The van der Waals surface area contributed by atoms with E-state index in [0.717, 1.165) is 17.8 Å². The zero-order valence-electron chi connectivity index (χ0n) is 13.2. The Labute approximate surface area is 144 Å². The van der Waals surface area contributed by atoms with Crippen LogP contribution >= 0.6 is 0 Å². The number of nitrogens with one attached hydrogen (secondary N) is 2. The van der Waals surface area contributed by atoms with Gasteiger partial charge in [0.25, 0.3) is 0 Å². The molecule has 0 radical (unpaired) electrons. The van der Waals surface area contributed by atoms with Gasteiger partial charge < -0.3 is 10.6 Å². The van der Waals surface area contributed by atoms with Gasteiger partial charge in [0, 0.05) is 24.5 Å². The van der Waals surface area contributed by atoms with Gasteiger partial charge in [-0.25, -0.2) is 13.6 Å². The number of primary sulfonamides is 1. The van der Waals surface area contributed by atoms with Crippen LogP contribution in [0.2, 0.25) is 0 Å². The van der Waals surface area contributed by atoms with Gasteiger partial charge in [-0.05, 0) is 36.8 Å². The van der Waals surface area contributed by atoms with Crippen LogP contribution in [-0.4, -0.2) is 21.5 Å². The molecule has 4 N–H and O–H groups in total. The number of hydrogen-bond donors (Lipinski definition) is 3. The zero-order chi connectivity index (χ0) is 18.5. The van der Waals surface area contributed by atoms with Crippen LogP contribution in [0.25, 0.3) is 0 Å². The minimum Gasteiger partial charge on any atom is -0.385 e. The maximum absolute atomic E-state index is 13.1. The minimum atomic E-state index is -4.69. The number of hydrogen-bond acceptors (Lipinski definition) is 4. The molecule has 0 aliphatic carbocycles. The summed E-state index contributed by atoms with van der Waals surface area (Å²) in [4.78, 5) is -0.573. The lowest BCUT2D eigenvalue weighted by Gasteiger charge is -2.16. The highest BCUT2D eigenvalue weighted by molar-refractivity contribution is 7.89. The molecule has 2 rings (SSSR count). The first kappa shape index (κ1) is 19.1. The fourth-order valence-corrected chi connectivity index (χ4v) is 2.73. The van der Waals surface area contributed by atoms with Gasteiger partial charge in [-0.1, -0.05) is 18.2 Å². The quantitative estimate of drug-likeness (QED) is 0.651. The molecule has 0 aliphatic heterocycles. The van der Waals surface area contributed by atoms with E-state index in [1.807, 2.05) is 30.3 Å². The van der Waals surface area contributed by atoms with Crippen LogP contribution in [-0.2, 0) is 16.2 Å². The molecule has 25 heavy (non-hydrogen) atoms. The molecular weight excluding hydrogens is 355 g/mol. The van der Waals surface area contributed by atoms with Crippen molar-refractivity contribution in [3.8, 4) is 0 Å². The summed E-state index contributed by atoms with van der Waals surface area (Å²) in [5.41, 5.74) is -0.314. The molecule has 0 aliphatic rings. The van der Waals surface area contributed by atoms with E-state index in [1.165, 1.54) is 0 Å². The second kappa shape index (κ2) is 7.75. The van der Waals surface area contributed by atoms with Crippen molar-refractivity contribution in [3.63, 3.8) is 0 Å². The third-order valence-corrected chi connectivity index (χ3v) is 4.31. The number of halogens is 3. The summed E-state index contributed by atoms with van der Waals surface area (Å²) < 4.78 is 61.9. The van der Waals surface area contributed by atoms with Gasteiger partial charge in [0.1, 0.15) is 0 Å². The molecule has 0 heterocycles. The average Bonchev–Trinajstić information content (AvgIpc) is 2.53. The molecule has 9 heteroatoms. The van der Waals surface area contributed by atoms with Crippen molar-refractivity contribution in [1.82, 2.24) is 0 Å². The number of anilines is 2. The number of sulfonamides is 1. The first-order chi connectivity index (χ1) is 11.7. The van der Waals surface area contributed by atoms with Gasteiger partial charge >= 0.3 is 6.18 Å². The van der Waals surface area contributed by atoms with Crippen LogP contribution < -0.4 is 15.8 Å². The van der Waals surface area contributed by atoms with Crippen molar-refractivity contribution in [1.29, 1.82) is 0 Å². The molecule has 0 bridgehead atoms. The summed E-state index contributed by atoms with van der Waals surface area (Å²) in [6, 6.07) is 12.1. The van der Waals surface area contributed by atoms with E-state index < -0.39 is 26.7 Å². The lowest BCUT2D eigenvalue weighted by Crippen LogP contribution is -2.17. The van der Waals surface area contributed by atoms with Crippen molar-refractivity contribution in [2.24, 2.45) is 5.14 Å². The van der Waals surface area contributed by atoms with Gasteiger partial charge in [-0.3, -0.25) is 0 Å². The monoisotopic (exact) mass is 373 g/mol. The highest BCUT2D eigenvalue weighted by Crippen LogP contribution is 2.36. The topological polar surface area (TPSA) is 84.2 Å². The first-order valence-electron chi connectivity index (χ1n) is 7.45. The summed E-state index contributed by atoms with van der Waals surface area (Å²) in [5, 5.41) is 10.7. The number of alkyl halides is 3. The summed E-state index contributed by atoms with van der Waals surface area (Å²) in [7, 11) is -4.20. The Morgan fingerprint density at radius 1 is 0.960 bits per heavy atom. The summed E-state index contributed by atoms with van der Waals surface area (Å²) in [6.45, 7) is 0.866. The maximum Gasteiger partial charge on any atom is 0.418 e. The van der Waals surface area contributed by atoms with Crippen molar-refractivity contribution in [2.75, 3.05) is 23.7 Å². The van der Waals surface area contributed by atoms with Gasteiger partial charge in [-0.2, -0.15) is 13.2 Å². The van der Waals surface area contributed by atoms with Gasteiger partial charge in [-0.15, -0.1) is 0 Å². The molecule has 0 saturated heterocycles. The minimum absolute atomic E-state index is 0.181. The van der Waals surface area contributed by atoms with Crippen molar-refractivity contribution < 1.29 is 21.6 Å². The predicted molar refractivity (Wildman–Crippen MR) is 90.9 cm³/mol. The Morgan fingerprint density at radius 3 is 2.20 bits per heavy atom. The Kier molecular flexibility index (Phi) is 5.91. The van der Waals surface area contributed by atoms with Crippen LogP contribution in [0.5, 0.6) is 0 Å². The molecule has 0 saturated carbocycles. The number of benzene rings is 2. The second-order valence-electron chi connectivity index (χ2n) is 5.32. The van der Waals surface area contributed by atoms with Crippen LogP contribution in [0, 0.1) is 0 Å². The van der Waals surface area contributed by atoms with Gasteiger partial charge in [0.05, 0.1) is 10.5 Å². The molecule has 0 atom stereocenters. The standard InChI is InChI=1S/C16H18F3N3O2S/c17-16(18,19)14-11-13(25(20,23)24)7-8-15(14)22-10-4-9-21-12-5-2-1-3-6-12/h1-3,5-8,11,21-22H,4,9-10H2,(H2,20,23,24). The summed E-state index contributed by atoms with van der Waals surface area (Å²) in [6.07, 6.45) is -4.12. The zero-order valence-corrected chi connectivity index (χ0v) is 14.0. The summed E-state index contributed by atoms with van der Waals surface area (Å²) in [5.74, 6) is 0. The third kappa shape index (κ3) is 5.64. The lowest BCUT2D eigenvalue weighted by molar-refractivity contribution is -0.137. The van der Waals surface area contributed by atoms with Crippen LogP contribution in [0.4, 0.5) is 24.5 Å². The van der Waals surface area contributed by atoms with E-state index in [0.29, 0.717) is 19.0 Å². The Bertz CT molecular complexity index is 809. The second-order valence-corrected chi connectivity index (χ2v) is 6.88. The summed E-state index contributed by atoms with van der Waals surface area (Å²) >= 11 is 0. The smallest absolute Gasteiger partial charge is 0.385 e. The Hall–Kier alpha value is -2.26. The van der Waals surface area contributed by atoms with Crippen LogP contribution in [0.3, 0.4) is 0 Å². The van der Waals surface area contributed by atoms with E-state index in [1.54, 1.807) is 0 Å². The Balaban J connectivity index is 1.99. The van der Waals surface area contributed by atoms with Crippen molar-refractivity contribution >= 4 is 21.4 Å². The highest BCUT2D eigenvalue weighted by atomic mass is 32.2. The van der Waals surface area contributed by atoms with E-state index >= 15 is 0 Å². The third-order valence-electron chi connectivity index (χ3n) is 3.40. The van der Waals surface area contributed by atoms with Crippen molar-refractivity contribution in [2.45, 2.75) is 17.5 Å². The largest absolute Gasteiger partial charge is 0.418 e.